The van der Waals surface area contributed by atoms with E-state index in [1.807, 2.05) is 24.3 Å². The molecule has 0 spiro atoms. The number of carbonyl (C=O) groups excluding carboxylic acids is 1. The van der Waals surface area contributed by atoms with Crippen LogP contribution in [0.15, 0.2) is 29.1 Å². The number of aromatic nitrogens is 2. The summed E-state index contributed by atoms with van der Waals surface area (Å²) in [5.74, 6) is 0.0105. The summed E-state index contributed by atoms with van der Waals surface area (Å²) in [4.78, 5) is 24.1. The van der Waals surface area contributed by atoms with E-state index >= 15 is 0 Å². The molecule has 0 saturated heterocycles. The smallest absolute Gasteiger partial charge is 0.328 e. The molecule has 2 aromatic rings. The second-order valence-corrected chi connectivity index (χ2v) is 5.64. The topological polar surface area (TPSA) is 56.0 Å². The van der Waals surface area contributed by atoms with E-state index in [1.54, 1.807) is 16.2 Å². The monoisotopic (exact) mass is 303 g/mol. The minimum absolute atomic E-state index is 0.0105. The van der Waals surface area contributed by atoms with Gasteiger partial charge in [0, 0.05) is 26.6 Å². The Balaban J connectivity index is 1.91. The van der Waals surface area contributed by atoms with Crippen LogP contribution in [0.3, 0.4) is 0 Å². The van der Waals surface area contributed by atoms with Gasteiger partial charge >= 0.3 is 5.69 Å². The van der Waals surface area contributed by atoms with Crippen molar-refractivity contribution in [1.29, 1.82) is 0 Å². The van der Waals surface area contributed by atoms with Gasteiger partial charge in [0.2, 0.25) is 5.91 Å². The molecule has 120 valence electrons. The largest absolute Gasteiger partial charge is 0.356 e. The van der Waals surface area contributed by atoms with Crippen molar-refractivity contribution in [2.45, 2.75) is 45.6 Å². The molecule has 0 fully saturated rings. The van der Waals surface area contributed by atoms with Crippen molar-refractivity contribution in [3.8, 4) is 0 Å². The summed E-state index contributed by atoms with van der Waals surface area (Å²) < 4.78 is 3.30. The second kappa shape index (κ2) is 7.82. The maximum absolute atomic E-state index is 12.2. The number of amides is 1. The van der Waals surface area contributed by atoms with Crippen molar-refractivity contribution in [2.24, 2.45) is 7.05 Å². The molecular weight excluding hydrogens is 278 g/mol. The number of fused-ring (bicyclic) bond motifs is 1. The van der Waals surface area contributed by atoms with Crippen molar-refractivity contribution in [2.75, 3.05) is 6.54 Å². The van der Waals surface area contributed by atoms with Gasteiger partial charge in [0.05, 0.1) is 11.0 Å². The maximum atomic E-state index is 12.2. The van der Waals surface area contributed by atoms with Crippen LogP contribution in [0.2, 0.25) is 0 Å². The molecular formula is C17H25N3O2. The highest BCUT2D eigenvalue weighted by molar-refractivity contribution is 5.77. The molecule has 1 N–H and O–H groups in total. The lowest BCUT2D eigenvalue weighted by Crippen LogP contribution is -2.28. The van der Waals surface area contributed by atoms with Gasteiger partial charge < -0.3 is 5.32 Å². The molecule has 2 rings (SSSR count). The number of nitrogens with zero attached hydrogens (tertiary/aromatic N) is 2. The Hall–Kier alpha value is -2.04. The van der Waals surface area contributed by atoms with E-state index in [4.69, 9.17) is 0 Å². The Bertz CT molecular complexity index is 685. The van der Waals surface area contributed by atoms with Crippen molar-refractivity contribution in [3.63, 3.8) is 0 Å². The SMILES string of the molecule is CCCCCCNC(=O)CCn1c(=O)n(C)c2ccccc21. The van der Waals surface area contributed by atoms with Crippen LogP contribution in [-0.2, 0) is 18.4 Å². The molecule has 5 nitrogen and oxygen atoms in total. The number of hydrogen-bond acceptors (Lipinski definition) is 2. The van der Waals surface area contributed by atoms with E-state index < -0.39 is 0 Å². The molecule has 22 heavy (non-hydrogen) atoms. The Morgan fingerprint density at radius 1 is 1.14 bits per heavy atom. The van der Waals surface area contributed by atoms with Crippen LogP contribution in [0.4, 0.5) is 0 Å². The van der Waals surface area contributed by atoms with Gasteiger partial charge in [-0.05, 0) is 18.6 Å². The fourth-order valence-electron chi connectivity index (χ4n) is 2.66. The normalized spacial score (nSPS) is 11.0. The number of benzene rings is 1. The van der Waals surface area contributed by atoms with Crippen molar-refractivity contribution in [3.05, 3.63) is 34.7 Å². The molecule has 1 aromatic heterocycles. The Kier molecular flexibility index (Phi) is 5.81. The molecule has 1 amide bonds. The summed E-state index contributed by atoms with van der Waals surface area (Å²) in [5, 5.41) is 2.93. The standard InChI is InChI=1S/C17H25N3O2/c1-3-4-5-8-12-18-16(21)11-13-20-15-10-7-6-9-14(15)19(2)17(20)22/h6-7,9-10H,3-5,8,11-13H2,1-2H3,(H,18,21). The maximum Gasteiger partial charge on any atom is 0.328 e. The number of rotatable bonds is 8. The van der Waals surface area contributed by atoms with E-state index in [9.17, 15) is 9.59 Å². The number of carbonyl (C=O) groups is 1. The minimum Gasteiger partial charge on any atom is -0.356 e. The van der Waals surface area contributed by atoms with Gasteiger partial charge in [0.1, 0.15) is 0 Å². The average Bonchev–Trinajstić information content (AvgIpc) is 2.77. The van der Waals surface area contributed by atoms with Crippen LogP contribution in [0, 0.1) is 0 Å². The number of aryl methyl sites for hydroxylation is 2. The summed E-state index contributed by atoms with van der Waals surface area (Å²) in [7, 11) is 1.76. The van der Waals surface area contributed by atoms with E-state index in [0.717, 1.165) is 30.4 Å². The lowest BCUT2D eigenvalue weighted by molar-refractivity contribution is -0.121. The number of unbranched alkanes of at least 4 members (excludes halogenated alkanes) is 3. The van der Waals surface area contributed by atoms with Gasteiger partial charge in [-0.1, -0.05) is 38.3 Å². The van der Waals surface area contributed by atoms with Crippen molar-refractivity contribution in [1.82, 2.24) is 14.5 Å². The second-order valence-electron chi connectivity index (χ2n) is 5.64. The van der Waals surface area contributed by atoms with Gasteiger partial charge in [-0.2, -0.15) is 0 Å². The van der Waals surface area contributed by atoms with Gasteiger partial charge in [0.15, 0.2) is 0 Å². The molecule has 0 saturated carbocycles. The third-order valence-corrected chi connectivity index (χ3v) is 3.97. The Labute approximate surface area is 130 Å². The van der Waals surface area contributed by atoms with Gasteiger partial charge in [-0.15, -0.1) is 0 Å². The first-order valence-electron chi connectivity index (χ1n) is 8.06. The third kappa shape index (κ3) is 3.78. The molecule has 5 heteroatoms. The lowest BCUT2D eigenvalue weighted by Gasteiger charge is -2.06. The van der Waals surface area contributed by atoms with Gasteiger partial charge in [0.25, 0.3) is 0 Å². The molecule has 0 aliphatic carbocycles. The molecule has 0 atom stereocenters. The predicted molar refractivity (Wildman–Crippen MR) is 88.9 cm³/mol. The number of hydrogen-bond donors (Lipinski definition) is 1. The van der Waals surface area contributed by atoms with Crippen LogP contribution >= 0.6 is 0 Å². The highest BCUT2D eigenvalue weighted by atomic mass is 16.2. The fourth-order valence-corrected chi connectivity index (χ4v) is 2.66. The van der Waals surface area contributed by atoms with E-state index in [-0.39, 0.29) is 11.6 Å². The summed E-state index contributed by atoms with van der Waals surface area (Å²) >= 11 is 0. The first kappa shape index (κ1) is 16.3. The first-order chi connectivity index (χ1) is 10.6. The van der Waals surface area contributed by atoms with E-state index in [0.29, 0.717) is 13.0 Å². The zero-order valence-electron chi connectivity index (χ0n) is 13.5. The van der Waals surface area contributed by atoms with Crippen LogP contribution in [0.25, 0.3) is 11.0 Å². The zero-order valence-corrected chi connectivity index (χ0v) is 13.5. The van der Waals surface area contributed by atoms with Crippen LogP contribution in [0.1, 0.15) is 39.0 Å². The Morgan fingerprint density at radius 2 is 1.86 bits per heavy atom. The zero-order chi connectivity index (χ0) is 15.9. The molecule has 1 aromatic carbocycles. The average molecular weight is 303 g/mol. The van der Waals surface area contributed by atoms with Crippen LogP contribution in [-0.4, -0.2) is 21.6 Å². The van der Waals surface area contributed by atoms with E-state index in [2.05, 4.69) is 12.2 Å². The number of para-hydroxylation sites is 2. The Morgan fingerprint density at radius 3 is 2.59 bits per heavy atom. The lowest BCUT2D eigenvalue weighted by atomic mass is 10.2. The predicted octanol–water partition coefficient (Wildman–Crippen LogP) is 2.43. The van der Waals surface area contributed by atoms with Gasteiger partial charge in [-0.3, -0.25) is 13.9 Å². The number of nitrogens with one attached hydrogen (secondary N) is 1. The summed E-state index contributed by atoms with van der Waals surface area (Å²) in [6.07, 6.45) is 4.91. The van der Waals surface area contributed by atoms with Gasteiger partial charge in [-0.25, -0.2) is 4.79 Å². The van der Waals surface area contributed by atoms with Crippen molar-refractivity contribution >= 4 is 16.9 Å². The van der Waals surface area contributed by atoms with Crippen molar-refractivity contribution < 1.29 is 4.79 Å². The van der Waals surface area contributed by atoms with Crippen LogP contribution in [0.5, 0.6) is 0 Å². The first-order valence-corrected chi connectivity index (χ1v) is 8.06. The quantitative estimate of drug-likeness (QED) is 0.761. The minimum atomic E-state index is -0.0723. The summed E-state index contributed by atoms with van der Waals surface area (Å²) in [6, 6.07) is 7.65. The molecule has 0 unspecified atom stereocenters. The highest BCUT2D eigenvalue weighted by Gasteiger charge is 2.11. The summed E-state index contributed by atoms with van der Waals surface area (Å²) in [6.45, 7) is 3.31. The van der Waals surface area contributed by atoms with Crippen LogP contribution < -0.4 is 11.0 Å². The fraction of sp³-hybridized carbons (Fsp3) is 0.529. The summed E-state index contributed by atoms with van der Waals surface area (Å²) in [5.41, 5.74) is 1.70. The number of imidazole rings is 1. The molecule has 0 aliphatic heterocycles. The molecule has 0 bridgehead atoms. The molecule has 0 aliphatic rings. The molecule has 0 radical (unpaired) electrons. The third-order valence-electron chi connectivity index (χ3n) is 3.97. The molecule has 1 heterocycles. The van der Waals surface area contributed by atoms with E-state index in [1.165, 1.54) is 12.8 Å². The highest BCUT2D eigenvalue weighted by Crippen LogP contribution is 2.11.